The van der Waals surface area contributed by atoms with Crippen LogP contribution in [-0.4, -0.2) is 6.54 Å². The van der Waals surface area contributed by atoms with E-state index in [2.05, 4.69) is 11.4 Å². The van der Waals surface area contributed by atoms with Crippen molar-refractivity contribution >= 4 is 5.69 Å². The molecule has 0 amide bonds. The highest BCUT2D eigenvalue weighted by molar-refractivity contribution is 5.44. The van der Waals surface area contributed by atoms with E-state index in [0.717, 1.165) is 18.2 Å². The largest absolute Gasteiger partial charge is 0.381 e. The Morgan fingerprint density at radius 1 is 1.47 bits per heavy atom. The lowest BCUT2D eigenvalue weighted by Gasteiger charge is -2.10. The van der Waals surface area contributed by atoms with E-state index in [4.69, 9.17) is 5.26 Å². The first-order chi connectivity index (χ1) is 7.17. The van der Waals surface area contributed by atoms with Gasteiger partial charge in [-0.15, -0.1) is 0 Å². The molecule has 80 valence electrons. The first-order valence-corrected chi connectivity index (χ1v) is 4.76. The predicted molar refractivity (Wildman–Crippen MR) is 54.2 cm³/mol. The van der Waals surface area contributed by atoms with E-state index in [1.807, 2.05) is 6.92 Å². The van der Waals surface area contributed by atoms with Crippen molar-refractivity contribution in [2.24, 2.45) is 5.92 Å². The summed E-state index contributed by atoms with van der Waals surface area (Å²) in [4.78, 5) is 0. The third kappa shape index (κ3) is 3.21. The molecule has 0 spiro atoms. The van der Waals surface area contributed by atoms with Crippen molar-refractivity contribution in [3.05, 3.63) is 29.8 Å². The van der Waals surface area contributed by atoms with Crippen LogP contribution in [0.25, 0.3) is 0 Å². The van der Waals surface area contributed by atoms with Crippen molar-refractivity contribution in [1.82, 2.24) is 0 Å². The van der Waals surface area contributed by atoms with Crippen LogP contribution < -0.4 is 5.32 Å². The highest BCUT2D eigenvalue weighted by Gasteiger charge is 2.07. The average molecular weight is 210 g/mol. The summed E-state index contributed by atoms with van der Waals surface area (Å²) in [6, 6.07) is 5.28. The summed E-state index contributed by atoms with van der Waals surface area (Å²) in [5, 5.41) is 11.4. The normalized spacial score (nSPS) is 11.9. The number of hydrogen-bond acceptors (Lipinski definition) is 2. The number of hydrogen-bond donors (Lipinski definition) is 1. The summed E-state index contributed by atoms with van der Waals surface area (Å²) in [6.45, 7) is 2.20. The molecule has 1 atom stereocenters. The first-order valence-electron chi connectivity index (χ1n) is 4.76. The Hall–Kier alpha value is -1.63. The number of rotatable bonds is 4. The Labute approximate surface area is 87.5 Å². The second-order valence-electron chi connectivity index (χ2n) is 3.24. The van der Waals surface area contributed by atoms with Gasteiger partial charge in [-0.25, -0.2) is 8.78 Å². The Morgan fingerprint density at radius 3 is 2.80 bits per heavy atom. The van der Waals surface area contributed by atoms with Crippen molar-refractivity contribution in [3.63, 3.8) is 0 Å². The van der Waals surface area contributed by atoms with Crippen LogP contribution in [0.1, 0.15) is 13.3 Å². The number of halogens is 2. The van der Waals surface area contributed by atoms with Gasteiger partial charge in [-0.3, -0.25) is 0 Å². The van der Waals surface area contributed by atoms with E-state index < -0.39 is 11.6 Å². The lowest BCUT2D eigenvalue weighted by atomic mass is 10.1. The highest BCUT2D eigenvalue weighted by atomic mass is 19.1. The van der Waals surface area contributed by atoms with Gasteiger partial charge in [0, 0.05) is 6.54 Å². The van der Waals surface area contributed by atoms with Crippen LogP contribution >= 0.6 is 0 Å². The van der Waals surface area contributed by atoms with Crippen molar-refractivity contribution in [3.8, 4) is 6.07 Å². The minimum Gasteiger partial charge on any atom is -0.381 e. The summed E-state index contributed by atoms with van der Waals surface area (Å²) in [5.41, 5.74) is 0.101. The fraction of sp³-hybridized carbons (Fsp3) is 0.364. The number of nitrogens with zero attached hydrogens (tertiary/aromatic N) is 1. The van der Waals surface area contributed by atoms with E-state index in [9.17, 15) is 8.78 Å². The summed E-state index contributed by atoms with van der Waals surface area (Å²) in [6.07, 6.45) is 0.681. The smallest absolute Gasteiger partial charge is 0.146 e. The molecule has 1 rings (SSSR count). The van der Waals surface area contributed by atoms with Gasteiger partial charge in [0.1, 0.15) is 11.6 Å². The fourth-order valence-corrected chi connectivity index (χ4v) is 1.15. The monoisotopic (exact) mass is 210 g/mol. The average Bonchev–Trinajstić information content (AvgIpc) is 2.24. The summed E-state index contributed by atoms with van der Waals surface area (Å²) >= 11 is 0. The van der Waals surface area contributed by atoms with Crippen molar-refractivity contribution in [2.75, 3.05) is 11.9 Å². The van der Waals surface area contributed by atoms with Gasteiger partial charge >= 0.3 is 0 Å². The molecular weight excluding hydrogens is 198 g/mol. The molecule has 0 aromatic heterocycles. The fourth-order valence-electron chi connectivity index (χ4n) is 1.15. The molecule has 1 N–H and O–H groups in total. The second-order valence-corrected chi connectivity index (χ2v) is 3.24. The van der Waals surface area contributed by atoms with E-state index in [1.165, 1.54) is 0 Å². The minimum atomic E-state index is -0.510. The molecule has 15 heavy (non-hydrogen) atoms. The zero-order chi connectivity index (χ0) is 11.3. The summed E-state index contributed by atoms with van der Waals surface area (Å²) in [5.74, 6) is -1.19. The van der Waals surface area contributed by atoms with Gasteiger partial charge < -0.3 is 5.32 Å². The highest BCUT2D eigenvalue weighted by Crippen LogP contribution is 2.15. The molecule has 0 radical (unpaired) electrons. The number of benzene rings is 1. The van der Waals surface area contributed by atoms with Gasteiger partial charge in [0.2, 0.25) is 0 Å². The molecule has 0 fully saturated rings. The van der Waals surface area contributed by atoms with Gasteiger partial charge in [-0.1, -0.05) is 6.92 Å². The summed E-state index contributed by atoms with van der Waals surface area (Å²) in [7, 11) is 0. The van der Waals surface area contributed by atoms with Crippen LogP contribution in [0.4, 0.5) is 14.5 Å². The SMILES string of the molecule is CCC(C#N)CNc1cc(F)ccc1F. The Balaban J connectivity index is 2.65. The maximum atomic E-state index is 13.1. The number of anilines is 1. The van der Waals surface area contributed by atoms with E-state index >= 15 is 0 Å². The molecule has 0 saturated heterocycles. The molecule has 0 bridgehead atoms. The summed E-state index contributed by atoms with van der Waals surface area (Å²) < 4.78 is 25.9. The molecular formula is C11H12F2N2. The Morgan fingerprint density at radius 2 is 2.20 bits per heavy atom. The molecule has 1 aromatic rings. The van der Waals surface area contributed by atoms with E-state index in [0.29, 0.717) is 13.0 Å². The van der Waals surface area contributed by atoms with Crippen molar-refractivity contribution < 1.29 is 8.78 Å². The van der Waals surface area contributed by atoms with Gasteiger partial charge in [0.15, 0.2) is 0 Å². The van der Waals surface area contributed by atoms with E-state index in [1.54, 1.807) is 0 Å². The van der Waals surface area contributed by atoms with Crippen LogP contribution in [0.3, 0.4) is 0 Å². The third-order valence-corrected chi connectivity index (χ3v) is 2.14. The molecule has 1 unspecified atom stereocenters. The van der Waals surface area contributed by atoms with Gasteiger partial charge in [-0.05, 0) is 24.6 Å². The molecule has 0 aliphatic carbocycles. The Kier molecular flexibility index (Phi) is 4.04. The maximum absolute atomic E-state index is 13.1. The lowest BCUT2D eigenvalue weighted by Crippen LogP contribution is -2.12. The van der Waals surface area contributed by atoms with Crippen LogP contribution in [0.2, 0.25) is 0 Å². The quantitative estimate of drug-likeness (QED) is 0.829. The molecule has 0 aliphatic rings. The number of nitriles is 1. The molecule has 2 nitrogen and oxygen atoms in total. The van der Waals surface area contributed by atoms with Crippen molar-refractivity contribution in [2.45, 2.75) is 13.3 Å². The van der Waals surface area contributed by atoms with E-state index in [-0.39, 0.29) is 11.6 Å². The maximum Gasteiger partial charge on any atom is 0.146 e. The number of nitrogens with one attached hydrogen (secondary N) is 1. The molecule has 4 heteroatoms. The zero-order valence-corrected chi connectivity index (χ0v) is 8.43. The standard InChI is InChI=1S/C11H12F2N2/c1-2-8(6-14)7-15-11-5-9(12)3-4-10(11)13/h3-5,8,15H,2,7H2,1H3. The zero-order valence-electron chi connectivity index (χ0n) is 8.43. The topological polar surface area (TPSA) is 35.8 Å². The first kappa shape index (κ1) is 11.4. The van der Waals surface area contributed by atoms with Crippen LogP contribution in [0.15, 0.2) is 18.2 Å². The van der Waals surface area contributed by atoms with Crippen molar-refractivity contribution in [1.29, 1.82) is 5.26 Å². The minimum absolute atomic E-state index is 0.101. The van der Waals surface area contributed by atoms with Gasteiger partial charge in [-0.2, -0.15) is 5.26 Å². The van der Waals surface area contributed by atoms with Gasteiger partial charge in [0.05, 0.1) is 17.7 Å². The molecule has 0 aliphatic heterocycles. The lowest BCUT2D eigenvalue weighted by molar-refractivity contribution is 0.599. The van der Waals surface area contributed by atoms with Crippen LogP contribution in [-0.2, 0) is 0 Å². The molecule has 1 aromatic carbocycles. The molecule has 0 saturated carbocycles. The van der Waals surface area contributed by atoms with Crippen LogP contribution in [0.5, 0.6) is 0 Å². The second kappa shape index (κ2) is 5.30. The van der Waals surface area contributed by atoms with Gasteiger partial charge in [0.25, 0.3) is 0 Å². The molecule has 0 heterocycles. The van der Waals surface area contributed by atoms with Crippen LogP contribution in [0, 0.1) is 28.9 Å². The Bertz CT molecular complexity index is 371. The third-order valence-electron chi connectivity index (χ3n) is 2.14. The predicted octanol–water partition coefficient (Wildman–Crippen LogP) is 2.93.